The highest BCUT2D eigenvalue weighted by Crippen LogP contribution is 2.30. The lowest BCUT2D eigenvalue weighted by molar-refractivity contribution is 0.0733. The number of nitrogens with one attached hydrogen (secondary N) is 1. The van der Waals surface area contributed by atoms with Crippen LogP contribution in [-0.4, -0.2) is 41.6 Å². The summed E-state index contributed by atoms with van der Waals surface area (Å²) in [4.78, 5) is 14.7. The molecule has 1 atom stereocenters. The van der Waals surface area contributed by atoms with Gasteiger partial charge in [0.25, 0.3) is 5.91 Å². The SMILES string of the molecule is Cc1ccc(C(=O)N(CC2CC2)CC2CCCN2)cc1O. The lowest BCUT2D eigenvalue weighted by Crippen LogP contribution is -2.42. The van der Waals surface area contributed by atoms with Gasteiger partial charge in [0.1, 0.15) is 5.75 Å². The second kappa shape index (κ2) is 6.06. The van der Waals surface area contributed by atoms with Crippen LogP contribution in [0.15, 0.2) is 18.2 Å². The van der Waals surface area contributed by atoms with Gasteiger partial charge in [0.2, 0.25) is 0 Å². The number of rotatable bonds is 5. The van der Waals surface area contributed by atoms with Gasteiger partial charge in [0.05, 0.1) is 0 Å². The largest absolute Gasteiger partial charge is 0.508 e. The zero-order valence-corrected chi connectivity index (χ0v) is 12.6. The fraction of sp³-hybridized carbons (Fsp3) is 0.588. The average Bonchev–Trinajstić information content (AvgIpc) is 3.14. The third kappa shape index (κ3) is 3.56. The fourth-order valence-electron chi connectivity index (χ4n) is 2.96. The minimum atomic E-state index is 0.0471. The van der Waals surface area contributed by atoms with Gasteiger partial charge >= 0.3 is 0 Å². The van der Waals surface area contributed by atoms with Gasteiger partial charge in [-0.15, -0.1) is 0 Å². The Hall–Kier alpha value is -1.55. The van der Waals surface area contributed by atoms with Crippen molar-refractivity contribution in [2.75, 3.05) is 19.6 Å². The van der Waals surface area contributed by atoms with E-state index in [1.54, 1.807) is 6.07 Å². The molecule has 1 amide bonds. The van der Waals surface area contributed by atoms with E-state index in [4.69, 9.17) is 0 Å². The van der Waals surface area contributed by atoms with E-state index in [9.17, 15) is 9.90 Å². The van der Waals surface area contributed by atoms with Crippen LogP contribution in [-0.2, 0) is 0 Å². The molecule has 1 aromatic carbocycles. The number of carbonyl (C=O) groups is 1. The number of hydrogen-bond acceptors (Lipinski definition) is 3. The summed E-state index contributed by atoms with van der Waals surface area (Å²) in [5.74, 6) is 0.923. The number of hydrogen-bond donors (Lipinski definition) is 2. The van der Waals surface area contributed by atoms with E-state index in [0.717, 1.165) is 31.6 Å². The summed E-state index contributed by atoms with van der Waals surface area (Å²) >= 11 is 0. The Labute approximate surface area is 126 Å². The summed E-state index contributed by atoms with van der Waals surface area (Å²) in [5.41, 5.74) is 1.40. The maximum Gasteiger partial charge on any atom is 0.254 e. The van der Waals surface area contributed by atoms with Gasteiger partial charge in [-0.2, -0.15) is 0 Å². The number of benzene rings is 1. The summed E-state index contributed by atoms with van der Waals surface area (Å²) in [7, 11) is 0. The molecule has 0 radical (unpaired) electrons. The van der Waals surface area contributed by atoms with E-state index in [2.05, 4.69) is 5.32 Å². The van der Waals surface area contributed by atoms with E-state index in [-0.39, 0.29) is 11.7 Å². The Bertz CT molecular complexity index is 520. The maximum atomic E-state index is 12.7. The van der Waals surface area contributed by atoms with Crippen LogP contribution < -0.4 is 5.32 Å². The second-order valence-corrected chi connectivity index (χ2v) is 6.45. The van der Waals surface area contributed by atoms with Crippen molar-refractivity contribution in [1.82, 2.24) is 10.2 Å². The molecule has 1 saturated heterocycles. The van der Waals surface area contributed by atoms with E-state index in [1.807, 2.05) is 24.0 Å². The highest BCUT2D eigenvalue weighted by atomic mass is 16.3. The molecule has 2 N–H and O–H groups in total. The van der Waals surface area contributed by atoms with E-state index < -0.39 is 0 Å². The first-order valence-corrected chi connectivity index (χ1v) is 7.96. The average molecular weight is 288 g/mol. The van der Waals surface area contributed by atoms with Crippen LogP contribution in [0.2, 0.25) is 0 Å². The van der Waals surface area contributed by atoms with Crippen molar-refractivity contribution in [3.63, 3.8) is 0 Å². The maximum absolute atomic E-state index is 12.7. The monoisotopic (exact) mass is 288 g/mol. The summed E-state index contributed by atoms with van der Waals surface area (Å²) in [6.45, 7) is 4.53. The molecule has 4 heteroatoms. The topological polar surface area (TPSA) is 52.6 Å². The number of carbonyl (C=O) groups excluding carboxylic acids is 1. The van der Waals surface area contributed by atoms with Crippen LogP contribution in [0.3, 0.4) is 0 Å². The molecule has 0 spiro atoms. The van der Waals surface area contributed by atoms with Gasteiger partial charge in [0, 0.05) is 24.7 Å². The molecule has 21 heavy (non-hydrogen) atoms. The predicted octanol–water partition coefficient (Wildman–Crippen LogP) is 2.30. The molecule has 3 rings (SSSR count). The summed E-state index contributed by atoms with van der Waals surface area (Å²) < 4.78 is 0. The smallest absolute Gasteiger partial charge is 0.254 e. The molecule has 1 saturated carbocycles. The van der Waals surface area contributed by atoms with Crippen molar-refractivity contribution in [3.05, 3.63) is 29.3 Å². The third-order valence-corrected chi connectivity index (χ3v) is 4.52. The Morgan fingerprint density at radius 1 is 1.33 bits per heavy atom. The first kappa shape index (κ1) is 14.4. The zero-order chi connectivity index (χ0) is 14.8. The lowest BCUT2D eigenvalue weighted by Gasteiger charge is -2.26. The number of aryl methyl sites for hydroxylation is 1. The van der Waals surface area contributed by atoms with E-state index in [1.165, 1.54) is 19.3 Å². The number of phenols is 1. The predicted molar refractivity (Wildman–Crippen MR) is 82.5 cm³/mol. The first-order chi connectivity index (χ1) is 10.1. The highest BCUT2D eigenvalue weighted by Gasteiger charge is 2.29. The van der Waals surface area contributed by atoms with E-state index in [0.29, 0.717) is 17.5 Å². The standard InChI is InChI=1S/C17H24N2O2/c1-12-4-7-14(9-16(12)20)17(21)19(10-13-5-6-13)11-15-3-2-8-18-15/h4,7,9,13,15,18,20H,2-3,5-6,8,10-11H2,1H3. The van der Waals surface area contributed by atoms with Crippen molar-refractivity contribution < 1.29 is 9.90 Å². The van der Waals surface area contributed by atoms with Crippen molar-refractivity contribution in [1.29, 1.82) is 0 Å². The van der Waals surface area contributed by atoms with Gasteiger partial charge in [-0.3, -0.25) is 4.79 Å². The molecule has 114 valence electrons. The third-order valence-electron chi connectivity index (χ3n) is 4.52. The first-order valence-electron chi connectivity index (χ1n) is 7.96. The number of amides is 1. The van der Waals surface area contributed by atoms with Crippen molar-refractivity contribution >= 4 is 5.91 Å². The normalized spacial score (nSPS) is 21.5. The van der Waals surface area contributed by atoms with E-state index >= 15 is 0 Å². The Morgan fingerprint density at radius 3 is 2.76 bits per heavy atom. The molecule has 0 aromatic heterocycles. The van der Waals surface area contributed by atoms with Crippen LogP contribution >= 0.6 is 0 Å². The molecule has 1 aliphatic heterocycles. The van der Waals surface area contributed by atoms with Crippen LogP contribution in [0.25, 0.3) is 0 Å². The van der Waals surface area contributed by atoms with Crippen LogP contribution in [0.5, 0.6) is 5.75 Å². The zero-order valence-electron chi connectivity index (χ0n) is 12.6. The van der Waals surface area contributed by atoms with Gasteiger partial charge in [-0.25, -0.2) is 0 Å². The van der Waals surface area contributed by atoms with Crippen molar-refractivity contribution in [2.45, 2.75) is 38.6 Å². The molecule has 1 aromatic rings. The Kier molecular flexibility index (Phi) is 4.15. The van der Waals surface area contributed by atoms with Crippen LogP contribution in [0.1, 0.15) is 41.6 Å². The molecular formula is C17H24N2O2. The van der Waals surface area contributed by atoms with Gasteiger partial charge in [-0.05, 0) is 62.8 Å². The molecule has 1 heterocycles. The minimum absolute atomic E-state index is 0.0471. The molecule has 0 bridgehead atoms. The number of aromatic hydroxyl groups is 1. The Balaban J connectivity index is 1.73. The molecule has 4 nitrogen and oxygen atoms in total. The fourth-order valence-corrected chi connectivity index (χ4v) is 2.96. The second-order valence-electron chi connectivity index (χ2n) is 6.45. The van der Waals surface area contributed by atoms with Gasteiger partial charge in [-0.1, -0.05) is 6.07 Å². The van der Waals surface area contributed by atoms with Gasteiger partial charge < -0.3 is 15.3 Å². The Morgan fingerprint density at radius 2 is 2.14 bits per heavy atom. The number of phenolic OH excluding ortho intramolecular Hbond substituents is 1. The molecule has 1 aliphatic carbocycles. The molecule has 2 fully saturated rings. The summed E-state index contributed by atoms with van der Waals surface area (Å²) in [6, 6.07) is 5.65. The van der Waals surface area contributed by atoms with Gasteiger partial charge in [0.15, 0.2) is 0 Å². The minimum Gasteiger partial charge on any atom is -0.508 e. The van der Waals surface area contributed by atoms with Crippen LogP contribution in [0, 0.1) is 12.8 Å². The summed E-state index contributed by atoms with van der Waals surface area (Å²) in [5, 5.41) is 13.3. The summed E-state index contributed by atoms with van der Waals surface area (Å²) in [6.07, 6.45) is 4.82. The van der Waals surface area contributed by atoms with Crippen molar-refractivity contribution in [3.8, 4) is 5.75 Å². The molecular weight excluding hydrogens is 264 g/mol. The molecule has 2 aliphatic rings. The molecule has 1 unspecified atom stereocenters. The van der Waals surface area contributed by atoms with Crippen molar-refractivity contribution in [2.24, 2.45) is 5.92 Å². The van der Waals surface area contributed by atoms with Crippen LogP contribution in [0.4, 0.5) is 0 Å². The quantitative estimate of drug-likeness (QED) is 0.874. The number of nitrogens with zero attached hydrogens (tertiary/aromatic N) is 1. The highest BCUT2D eigenvalue weighted by molar-refractivity contribution is 5.94. The lowest BCUT2D eigenvalue weighted by atomic mass is 10.1.